The molecule has 0 aromatic heterocycles. The lowest BCUT2D eigenvalue weighted by atomic mass is 9.82. The molecule has 3 atom stereocenters. The summed E-state index contributed by atoms with van der Waals surface area (Å²) in [7, 11) is 1.07. The first-order valence-corrected chi connectivity index (χ1v) is 8.10. The third-order valence-corrected chi connectivity index (χ3v) is 4.99. The van der Waals surface area contributed by atoms with Gasteiger partial charge in [-0.3, -0.25) is 4.90 Å². The summed E-state index contributed by atoms with van der Waals surface area (Å²) in [5.74, 6) is 0.516. The van der Waals surface area contributed by atoms with Gasteiger partial charge < -0.3 is 20.7 Å². The topological polar surface area (TPSA) is 73.0 Å². The van der Waals surface area contributed by atoms with Crippen molar-refractivity contribution in [1.82, 2.24) is 9.80 Å². The zero-order valence-corrected chi connectivity index (χ0v) is 12.7. The van der Waals surface area contributed by atoms with Crippen molar-refractivity contribution in [3.63, 3.8) is 0 Å². The summed E-state index contributed by atoms with van der Waals surface area (Å²) in [6, 6.07) is 0.939. The maximum atomic E-state index is 8.90. The Hall–Kier alpha value is -0.135. The van der Waals surface area contributed by atoms with Crippen molar-refractivity contribution in [1.29, 1.82) is 0 Å². The van der Waals surface area contributed by atoms with Crippen LogP contribution in [-0.4, -0.2) is 72.3 Å². The summed E-state index contributed by atoms with van der Waals surface area (Å²) in [6.45, 7) is 4.44. The quantitative estimate of drug-likeness (QED) is 0.598. The van der Waals surface area contributed by atoms with Crippen LogP contribution in [0, 0.1) is 5.92 Å². The van der Waals surface area contributed by atoms with Crippen molar-refractivity contribution in [2.75, 3.05) is 33.2 Å². The van der Waals surface area contributed by atoms with E-state index in [1.165, 1.54) is 25.8 Å². The minimum absolute atomic E-state index is 0.250. The molecule has 4 N–H and O–H groups in total. The zero-order valence-electron chi connectivity index (χ0n) is 12.7. The Labute approximate surface area is 123 Å². The average molecular weight is 283 g/mol. The van der Waals surface area contributed by atoms with E-state index in [9.17, 15) is 0 Å². The number of hydrogen-bond donors (Lipinski definition) is 3. The van der Waals surface area contributed by atoms with E-state index in [4.69, 9.17) is 15.8 Å². The molecule has 0 radical (unpaired) electrons. The van der Waals surface area contributed by atoms with Gasteiger partial charge in [0.25, 0.3) is 0 Å². The van der Waals surface area contributed by atoms with Crippen LogP contribution in [0.15, 0.2) is 0 Å². The Morgan fingerprint density at radius 3 is 2.75 bits per heavy atom. The molecule has 5 nitrogen and oxygen atoms in total. The Morgan fingerprint density at radius 1 is 1.25 bits per heavy atom. The Morgan fingerprint density at radius 2 is 2.05 bits per heavy atom. The molecule has 0 bridgehead atoms. The Bertz CT molecular complexity index is 294. The number of piperidine rings is 1. The number of nitrogens with zero attached hydrogens (tertiary/aromatic N) is 2. The highest BCUT2D eigenvalue weighted by Crippen LogP contribution is 2.24. The van der Waals surface area contributed by atoms with Gasteiger partial charge in [-0.05, 0) is 45.1 Å². The fraction of sp³-hybridized carbons (Fsp3) is 1.00. The first-order chi connectivity index (χ1) is 9.56. The second-order valence-electron chi connectivity index (χ2n) is 6.68. The van der Waals surface area contributed by atoms with Crippen molar-refractivity contribution in [2.45, 2.75) is 50.5 Å². The van der Waals surface area contributed by atoms with Crippen LogP contribution in [0.4, 0.5) is 0 Å². The molecule has 2 fully saturated rings. The van der Waals surface area contributed by atoms with Gasteiger partial charge >= 0.3 is 7.12 Å². The van der Waals surface area contributed by atoms with Gasteiger partial charge in [-0.1, -0.05) is 12.8 Å². The molecular weight excluding hydrogens is 253 g/mol. The predicted octanol–water partition coefficient (Wildman–Crippen LogP) is -0.0172. The molecule has 0 saturated carbocycles. The lowest BCUT2D eigenvalue weighted by Gasteiger charge is -2.35. The third-order valence-electron chi connectivity index (χ3n) is 4.99. The minimum atomic E-state index is -1.17. The van der Waals surface area contributed by atoms with E-state index in [-0.39, 0.29) is 6.04 Å². The Balaban J connectivity index is 1.72. The van der Waals surface area contributed by atoms with Crippen LogP contribution < -0.4 is 5.73 Å². The van der Waals surface area contributed by atoms with E-state index in [1.807, 2.05) is 0 Å². The van der Waals surface area contributed by atoms with Gasteiger partial charge in [-0.2, -0.15) is 0 Å². The van der Waals surface area contributed by atoms with Crippen molar-refractivity contribution in [3.8, 4) is 0 Å². The third kappa shape index (κ3) is 4.70. The molecule has 2 heterocycles. The van der Waals surface area contributed by atoms with Crippen LogP contribution in [0.5, 0.6) is 0 Å². The number of likely N-dealkylation sites (N-methyl/N-ethyl adjacent to an activating group) is 1. The molecule has 20 heavy (non-hydrogen) atoms. The molecule has 0 aromatic carbocycles. The summed E-state index contributed by atoms with van der Waals surface area (Å²) in [5.41, 5.74) is 6.25. The van der Waals surface area contributed by atoms with Gasteiger partial charge in [0.15, 0.2) is 0 Å². The van der Waals surface area contributed by atoms with E-state index in [0.29, 0.717) is 18.3 Å². The minimum Gasteiger partial charge on any atom is -0.427 e. The number of nitrogens with two attached hydrogens (primary N) is 1. The number of rotatable bonds is 6. The van der Waals surface area contributed by atoms with Crippen LogP contribution in [-0.2, 0) is 0 Å². The molecule has 0 spiro atoms. The zero-order chi connectivity index (χ0) is 14.5. The molecule has 0 aromatic rings. The van der Waals surface area contributed by atoms with E-state index >= 15 is 0 Å². The second kappa shape index (κ2) is 7.75. The van der Waals surface area contributed by atoms with Crippen molar-refractivity contribution in [2.24, 2.45) is 11.7 Å². The van der Waals surface area contributed by atoms with Crippen LogP contribution in [0.3, 0.4) is 0 Å². The second-order valence-corrected chi connectivity index (χ2v) is 6.68. The maximum Gasteiger partial charge on any atom is 0.451 e. The molecule has 116 valence electrons. The summed E-state index contributed by atoms with van der Waals surface area (Å²) in [6.07, 6.45) is 6.33. The summed E-state index contributed by atoms with van der Waals surface area (Å²) >= 11 is 0. The van der Waals surface area contributed by atoms with Gasteiger partial charge in [-0.25, -0.2) is 0 Å². The predicted molar refractivity (Wildman–Crippen MR) is 82.4 cm³/mol. The first-order valence-electron chi connectivity index (χ1n) is 8.10. The average Bonchev–Trinajstić information content (AvgIpc) is 2.72. The fourth-order valence-corrected chi connectivity index (χ4v) is 3.68. The highest BCUT2D eigenvalue weighted by Gasteiger charge is 2.32. The van der Waals surface area contributed by atoms with E-state index in [0.717, 1.165) is 32.5 Å². The largest absolute Gasteiger partial charge is 0.451 e. The highest BCUT2D eigenvalue weighted by atomic mass is 16.4. The molecule has 6 heteroatoms. The van der Waals surface area contributed by atoms with Crippen LogP contribution in [0.1, 0.15) is 32.1 Å². The van der Waals surface area contributed by atoms with Crippen LogP contribution >= 0.6 is 0 Å². The number of likely N-dealkylation sites (tertiary alicyclic amines) is 2. The maximum absolute atomic E-state index is 8.90. The van der Waals surface area contributed by atoms with Gasteiger partial charge in [0.1, 0.15) is 0 Å². The van der Waals surface area contributed by atoms with Crippen LogP contribution in [0.25, 0.3) is 0 Å². The molecule has 2 aliphatic rings. The summed E-state index contributed by atoms with van der Waals surface area (Å²) in [4.78, 5) is 5.00. The smallest absolute Gasteiger partial charge is 0.427 e. The Kier molecular flexibility index (Phi) is 6.30. The molecule has 1 unspecified atom stereocenters. The summed E-state index contributed by atoms with van der Waals surface area (Å²) < 4.78 is 0. The first kappa shape index (κ1) is 16.2. The lowest BCUT2D eigenvalue weighted by molar-refractivity contribution is 0.138. The monoisotopic (exact) mass is 283 g/mol. The SMILES string of the molecule is CN1CCCCC1CN1C[C@H](CCCB(O)O)[C@@H](N)C1. The number of hydrogen-bond acceptors (Lipinski definition) is 5. The molecular formula is C14H30BN3O2. The van der Waals surface area contributed by atoms with Crippen molar-refractivity contribution in [3.05, 3.63) is 0 Å². The molecule has 2 rings (SSSR count). The van der Waals surface area contributed by atoms with E-state index in [1.54, 1.807) is 0 Å². The molecule has 0 amide bonds. The fourth-order valence-electron chi connectivity index (χ4n) is 3.68. The normalized spacial score (nSPS) is 32.7. The summed E-state index contributed by atoms with van der Waals surface area (Å²) in [5, 5.41) is 17.8. The molecule has 0 aliphatic carbocycles. The lowest BCUT2D eigenvalue weighted by Crippen LogP contribution is -2.44. The van der Waals surface area contributed by atoms with Crippen molar-refractivity contribution >= 4 is 7.12 Å². The highest BCUT2D eigenvalue weighted by molar-refractivity contribution is 6.40. The van der Waals surface area contributed by atoms with Gasteiger partial charge in [0.2, 0.25) is 0 Å². The standard InChI is InChI=1S/C14H30BN3O2/c1-17-8-3-2-6-13(17)10-18-9-12(14(16)11-18)5-4-7-15(19)20/h12-14,19-20H,2-11,16H2,1H3/t12-,13?,14-/m0/s1. The van der Waals surface area contributed by atoms with Gasteiger partial charge in [-0.15, -0.1) is 0 Å². The van der Waals surface area contributed by atoms with Crippen LogP contribution in [0.2, 0.25) is 6.32 Å². The molecule has 2 saturated heterocycles. The van der Waals surface area contributed by atoms with Gasteiger partial charge in [0.05, 0.1) is 0 Å². The van der Waals surface area contributed by atoms with Gasteiger partial charge in [0, 0.05) is 31.7 Å². The van der Waals surface area contributed by atoms with E-state index < -0.39 is 7.12 Å². The van der Waals surface area contributed by atoms with E-state index in [2.05, 4.69) is 16.8 Å². The van der Waals surface area contributed by atoms with Crippen molar-refractivity contribution < 1.29 is 10.0 Å². The molecule has 2 aliphatic heterocycles.